The summed E-state index contributed by atoms with van der Waals surface area (Å²) in [6.07, 6.45) is -1.18. The third-order valence-corrected chi connectivity index (χ3v) is 3.73. The van der Waals surface area contributed by atoms with Crippen molar-refractivity contribution in [1.82, 2.24) is 0 Å². The molecule has 0 amide bonds. The Morgan fingerprint density at radius 3 is 2.00 bits per heavy atom. The van der Waals surface area contributed by atoms with E-state index in [-0.39, 0.29) is 18.6 Å². The monoisotopic (exact) mass is 328 g/mol. The van der Waals surface area contributed by atoms with Crippen LogP contribution in [0, 0.1) is 0 Å². The fraction of sp³-hybridized carbons (Fsp3) is 0.263. The van der Waals surface area contributed by atoms with Crippen LogP contribution in [-0.2, 0) is 0 Å². The quantitative estimate of drug-likeness (QED) is 0.754. The number of carbonyl (C=O) groups is 2. The summed E-state index contributed by atoms with van der Waals surface area (Å²) in [5.74, 6) is 0.241. The van der Waals surface area contributed by atoms with Crippen molar-refractivity contribution in [3.63, 3.8) is 0 Å². The van der Waals surface area contributed by atoms with Crippen molar-refractivity contribution in [3.8, 4) is 11.5 Å². The second kappa shape index (κ2) is 8.26. The molecule has 0 saturated carbocycles. The molecule has 126 valence electrons. The highest BCUT2D eigenvalue weighted by atomic mass is 16.5. The van der Waals surface area contributed by atoms with Crippen molar-refractivity contribution in [2.24, 2.45) is 0 Å². The molecule has 0 saturated heterocycles. The molecule has 5 heteroatoms. The van der Waals surface area contributed by atoms with Crippen LogP contribution in [-0.4, -0.2) is 37.0 Å². The van der Waals surface area contributed by atoms with Gasteiger partial charge in [-0.2, -0.15) is 0 Å². The number of Topliss-reactive ketones (excluding diaryl/α,β-unsaturated/α-hetero) is 2. The number of ether oxygens (including phenoxy) is 2. The van der Waals surface area contributed by atoms with Crippen LogP contribution in [0.4, 0.5) is 0 Å². The summed E-state index contributed by atoms with van der Waals surface area (Å²) in [7, 11) is 2.95. The fourth-order valence-corrected chi connectivity index (χ4v) is 2.44. The molecule has 24 heavy (non-hydrogen) atoms. The van der Waals surface area contributed by atoms with Gasteiger partial charge in [-0.05, 0) is 30.7 Å². The third-order valence-electron chi connectivity index (χ3n) is 3.73. The lowest BCUT2D eigenvalue weighted by atomic mass is 9.98. The Morgan fingerprint density at radius 2 is 1.42 bits per heavy atom. The number of carbonyl (C=O) groups excluding carboxylic acids is 2. The molecule has 0 aliphatic rings. The van der Waals surface area contributed by atoms with Gasteiger partial charge < -0.3 is 14.6 Å². The number of aliphatic hydroxyl groups excluding tert-OH is 1. The maximum Gasteiger partial charge on any atom is 0.194 e. The van der Waals surface area contributed by atoms with Gasteiger partial charge in [0.2, 0.25) is 0 Å². The Morgan fingerprint density at radius 1 is 0.917 bits per heavy atom. The van der Waals surface area contributed by atoms with Crippen LogP contribution in [0.3, 0.4) is 0 Å². The van der Waals surface area contributed by atoms with Crippen LogP contribution in [0.5, 0.6) is 11.5 Å². The lowest BCUT2D eigenvalue weighted by molar-refractivity contribution is 0.0712. The van der Waals surface area contributed by atoms with Gasteiger partial charge in [-0.3, -0.25) is 9.59 Å². The largest absolute Gasteiger partial charge is 0.496 e. The summed E-state index contributed by atoms with van der Waals surface area (Å²) in [5, 5.41) is 10.1. The van der Waals surface area contributed by atoms with E-state index in [1.807, 2.05) is 0 Å². The molecule has 2 rings (SSSR count). The zero-order chi connectivity index (χ0) is 17.5. The zero-order valence-electron chi connectivity index (χ0n) is 13.7. The molecular weight excluding hydrogens is 308 g/mol. The Kier molecular flexibility index (Phi) is 6.09. The fourth-order valence-electron chi connectivity index (χ4n) is 2.44. The molecule has 0 heterocycles. The van der Waals surface area contributed by atoms with Gasteiger partial charge in [0.1, 0.15) is 17.6 Å². The van der Waals surface area contributed by atoms with Gasteiger partial charge in [0.15, 0.2) is 11.6 Å². The van der Waals surface area contributed by atoms with E-state index >= 15 is 0 Å². The van der Waals surface area contributed by atoms with E-state index in [4.69, 9.17) is 9.47 Å². The molecule has 0 radical (unpaired) electrons. The number of rotatable bonds is 8. The highest BCUT2D eigenvalue weighted by molar-refractivity contribution is 6.03. The van der Waals surface area contributed by atoms with E-state index in [9.17, 15) is 14.7 Å². The van der Waals surface area contributed by atoms with Crippen LogP contribution >= 0.6 is 0 Å². The molecule has 0 aliphatic heterocycles. The minimum atomic E-state index is -1.26. The molecule has 0 spiro atoms. The second-order valence-corrected chi connectivity index (χ2v) is 5.24. The number of hydrogen-bond acceptors (Lipinski definition) is 5. The van der Waals surface area contributed by atoms with Gasteiger partial charge in [0.25, 0.3) is 0 Å². The Bertz CT molecular complexity index is 723. The topological polar surface area (TPSA) is 72.8 Å². The summed E-state index contributed by atoms with van der Waals surface area (Å²) in [6, 6.07) is 13.6. The smallest absolute Gasteiger partial charge is 0.194 e. The number of ketones is 2. The standard InChI is InChI=1S/C19H20O5/c1-23-17-9-5-3-7-13(17)15(20)11-12-16(21)19(22)14-8-4-6-10-18(14)24-2/h3-10,16,21H,11-12H2,1-2H3/t16-/m1/s1. The first-order valence-electron chi connectivity index (χ1n) is 7.60. The van der Waals surface area contributed by atoms with E-state index in [1.54, 1.807) is 48.5 Å². The Balaban J connectivity index is 2.03. The summed E-state index contributed by atoms with van der Waals surface area (Å²) in [6.45, 7) is 0. The van der Waals surface area contributed by atoms with Gasteiger partial charge in [-0.25, -0.2) is 0 Å². The van der Waals surface area contributed by atoms with Crippen molar-refractivity contribution < 1.29 is 24.2 Å². The first-order valence-corrected chi connectivity index (χ1v) is 7.60. The minimum absolute atomic E-state index is 0.0355. The Labute approximate surface area is 140 Å². The van der Waals surface area contributed by atoms with Crippen molar-refractivity contribution in [1.29, 1.82) is 0 Å². The van der Waals surface area contributed by atoms with Gasteiger partial charge in [0, 0.05) is 6.42 Å². The molecule has 0 unspecified atom stereocenters. The van der Waals surface area contributed by atoms with Gasteiger partial charge >= 0.3 is 0 Å². The van der Waals surface area contributed by atoms with Crippen LogP contribution in [0.25, 0.3) is 0 Å². The molecule has 1 N–H and O–H groups in total. The van der Waals surface area contributed by atoms with Crippen molar-refractivity contribution >= 4 is 11.6 Å². The number of benzene rings is 2. The average molecular weight is 328 g/mol. The first-order chi connectivity index (χ1) is 11.6. The predicted molar refractivity (Wildman–Crippen MR) is 89.9 cm³/mol. The molecular formula is C19H20O5. The average Bonchev–Trinajstić information content (AvgIpc) is 2.64. The van der Waals surface area contributed by atoms with E-state index in [0.29, 0.717) is 22.6 Å². The van der Waals surface area contributed by atoms with E-state index in [1.165, 1.54) is 14.2 Å². The maximum atomic E-state index is 12.3. The van der Waals surface area contributed by atoms with E-state index in [0.717, 1.165) is 0 Å². The van der Waals surface area contributed by atoms with Crippen LogP contribution in [0.15, 0.2) is 48.5 Å². The van der Waals surface area contributed by atoms with Crippen LogP contribution in [0.1, 0.15) is 33.6 Å². The number of aliphatic hydroxyl groups is 1. The van der Waals surface area contributed by atoms with Gasteiger partial charge in [-0.15, -0.1) is 0 Å². The van der Waals surface area contributed by atoms with Crippen molar-refractivity contribution in [3.05, 3.63) is 59.7 Å². The molecule has 2 aromatic carbocycles. The normalized spacial score (nSPS) is 11.6. The number of para-hydroxylation sites is 2. The van der Waals surface area contributed by atoms with Crippen LogP contribution in [0.2, 0.25) is 0 Å². The summed E-state index contributed by atoms with van der Waals surface area (Å²) in [4.78, 5) is 24.6. The SMILES string of the molecule is COc1ccccc1C(=O)CC[C@@H](O)C(=O)c1ccccc1OC. The number of hydrogen-bond donors (Lipinski definition) is 1. The van der Waals surface area contributed by atoms with Gasteiger partial charge in [0.05, 0.1) is 25.3 Å². The molecule has 0 aliphatic carbocycles. The summed E-state index contributed by atoms with van der Waals surface area (Å²) < 4.78 is 10.3. The molecule has 2 aromatic rings. The lowest BCUT2D eigenvalue weighted by Gasteiger charge is -2.12. The summed E-state index contributed by atoms with van der Waals surface area (Å²) in [5.41, 5.74) is 0.745. The maximum absolute atomic E-state index is 12.3. The molecule has 5 nitrogen and oxygen atoms in total. The first kappa shape index (κ1) is 17.7. The second-order valence-electron chi connectivity index (χ2n) is 5.24. The highest BCUT2D eigenvalue weighted by Crippen LogP contribution is 2.22. The zero-order valence-corrected chi connectivity index (χ0v) is 13.7. The Hall–Kier alpha value is -2.66. The molecule has 0 aromatic heterocycles. The predicted octanol–water partition coefficient (Wildman–Crippen LogP) is 2.91. The van der Waals surface area contributed by atoms with E-state index < -0.39 is 11.9 Å². The van der Waals surface area contributed by atoms with Gasteiger partial charge in [-0.1, -0.05) is 24.3 Å². The highest BCUT2D eigenvalue weighted by Gasteiger charge is 2.22. The van der Waals surface area contributed by atoms with Crippen molar-refractivity contribution in [2.45, 2.75) is 18.9 Å². The van der Waals surface area contributed by atoms with E-state index in [2.05, 4.69) is 0 Å². The third kappa shape index (κ3) is 4.00. The summed E-state index contributed by atoms with van der Waals surface area (Å²) >= 11 is 0. The molecule has 1 atom stereocenters. The van der Waals surface area contributed by atoms with Crippen molar-refractivity contribution in [2.75, 3.05) is 14.2 Å². The van der Waals surface area contributed by atoms with Crippen LogP contribution < -0.4 is 9.47 Å². The molecule has 0 fully saturated rings. The lowest BCUT2D eigenvalue weighted by Crippen LogP contribution is -2.22. The minimum Gasteiger partial charge on any atom is -0.496 e. The molecule has 0 bridgehead atoms. The number of methoxy groups -OCH3 is 2.